The Hall–Kier alpha value is -2.28. The van der Waals surface area contributed by atoms with Gasteiger partial charge >= 0.3 is 0 Å². The first-order chi connectivity index (χ1) is 9.13. The van der Waals surface area contributed by atoms with Crippen molar-refractivity contribution in [2.45, 2.75) is 19.4 Å². The number of carbonyl (C=O) groups is 1. The van der Waals surface area contributed by atoms with Crippen LogP contribution in [0.4, 0.5) is 0 Å². The lowest BCUT2D eigenvalue weighted by Crippen LogP contribution is -2.21. The summed E-state index contributed by atoms with van der Waals surface area (Å²) in [4.78, 5) is 13.1. The average molecular weight is 255 g/mol. The van der Waals surface area contributed by atoms with Gasteiger partial charge in [0.1, 0.15) is 0 Å². The molecule has 0 saturated carbocycles. The van der Waals surface area contributed by atoms with Crippen LogP contribution in [0.2, 0.25) is 0 Å². The van der Waals surface area contributed by atoms with Crippen LogP contribution in [-0.4, -0.2) is 29.5 Å². The van der Waals surface area contributed by atoms with Crippen molar-refractivity contribution in [2.24, 2.45) is 0 Å². The summed E-state index contributed by atoms with van der Waals surface area (Å²) < 4.78 is 2.10. The second kappa shape index (κ2) is 5.57. The Morgan fingerprint density at radius 1 is 1.37 bits per heavy atom. The monoisotopic (exact) mass is 255 g/mol. The van der Waals surface area contributed by atoms with Gasteiger partial charge in [-0.05, 0) is 24.6 Å². The van der Waals surface area contributed by atoms with Gasteiger partial charge in [0, 0.05) is 44.2 Å². The first-order valence-corrected chi connectivity index (χ1v) is 6.31. The first kappa shape index (κ1) is 13.2. The topological polar surface area (TPSA) is 49.0 Å². The maximum Gasteiger partial charge on any atom is 0.222 e. The Labute approximate surface area is 112 Å². The van der Waals surface area contributed by atoms with E-state index in [1.807, 2.05) is 30.5 Å². The van der Waals surface area contributed by atoms with Gasteiger partial charge in [-0.1, -0.05) is 6.07 Å². The molecule has 0 aliphatic carbocycles. The smallest absolute Gasteiger partial charge is 0.222 e. The molecule has 0 bridgehead atoms. The minimum Gasteiger partial charge on any atom is -0.349 e. The van der Waals surface area contributed by atoms with Crippen LogP contribution >= 0.6 is 0 Å². The molecule has 1 amide bonds. The molecule has 4 heteroatoms. The Morgan fingerprint density at radius 3 is 2.84 bits per heavy atom. The quantitative estimate of drug-likeness (QED) is 0.842. The molecule has 0 atom stereocenters. The molecule has 0 spiro atoms. The Morgan fingerprint density at radius 2 is 2.16 bits per heavy atom. The molecule has 0 N–H and O–H groups in total. The highest BCUT2D eigenvalue weighted by atomic mass is 16.2. The summed E-state index contributed by atoms with van der Waals surface area (Å²) in [5.74, 6) is 0.147. The van der Waals surface area contributed by atoms with Gasteiger partial charge in [-0.25, -0.2) is 0 Å². The fraction of sp³-hybridized carbons (Fsp3) is 0.333. The fourth-order valence-electron chi connectivity index (χ4n) is 2.14. The molecule has 19 heavy (non-hydrogen) atoms. The molecule has 0 fully saturated rings. The second-order valence-corrected chi connectivity index (χ2v) is 4.75. The van der Waals surface area contributed by atoms with Crippen molar-refractivity contribution in [1.82, 2.24) is 9.47 Å². The molecule has 0 aliphatic rings. The number of aryl methyl sites for hydroxylation is 1. The predicted octanol–water partition coefficient (Wildman–Crippen LogP) is 2.38. The highest BCUT2D eigenvalue weighted by molar-refractivity contribution is 5.86. The molecule has 1 heterocycles. The number of fused-ring (bicyclic) bond motifs is 1. The van der Waals surface area contributed by atoms with Crippen molar-refractivity contribution < 1.29 is 4.79 Å². The molecule has 2 rings (SSSR count). The molecule has 1 aromatic carbocycles. The summed E-state index contributed by atoms with van der Waals surface area (Å²) in [7, 11) is 3.54. The third-order valence-electron chi connectivity index (χ3n) is 3.22. The molecule has 4 nitrogen and oxygen atoms in total. The van der Waals surface area contributed by atoms with Gasteiger partial charge in [0.05, 0.1) is 11.6 Å². The van der Waals surface area contributed by atoms with E-state index in [4.69, 9.17) is 5.26 Å². The first-order valence-electron chi connectivity index (χ1n) is 6.31. The van der Waals surface area contributed by atoms with Crippen LogP contribution in [0.5, 0.6) is 0 Å². The number of amides is 1. The number of benzene rings is 1. The number of hydrogen-bond acceptors (Lipinski definition) is 2. The van der Waals surface area contributed by atoms with Gasteiger partial charge in [-0.2, -0.15) is 5.26 Å². The fourth-order valence-corrected chi connectivity index (χ4v) is 2.14. The van der Waals surface area contributed by atoms with Gasteiger partial charge in [0.2, 0.25) is 5.91 Å². The van der Waals surface area contributed by atoms with Gasteiger partial charge in [-0.3, -0.25) is 4.79 Å². The van der Waals surface area contributed by atoms with Crippen molar-refractivity contribution >= 4 is 16.8 Å². The largest absolute Gasteiger partial charge is 0.349 e. The van der Waals surface area contributed by atoms with E-state index in [1.165, 1.54) is 0 Å². The normalized spacial score (nSPS) is 10.4. The van der Waals surface area contributed by atoms with E-state index >= 15 is 0 Å². The zero-order valence-corrected chi connectivity index (χ0v) is 11.3. The van der Waals surface area contributed by atoms with E-state index < -0.39 is 0 Å². The van der Waals surface area contributed by atoms with E-state index in [1.54, 1.807) is 19.0 Å². The number of nitriles is 1. The second-order valence-electron chi connectivity index (χ2n) is 4.75. The van der Waals surface area contributed by atoms with E-state index in [2.05, 4.69) is 10.6 Å². The molecule has 98 valence electrons. The summed E-state index contributed by atoms with van der Waals surface area (Å²) >= 11 is 0. The Balaban J connectivity index is 2.10. The van der Waals surface area contributed by atoms with E-state index in [-0.39, 0.29) is 5.91 Å². The molecule has 0 radical (unpaired) electrons. The number of carbonyl (C=O) groups excluding carboxylic acids is 1. The SMILES string of the molecule is CN(C)C(=O)CCCn1ccc2c(C#N)cccc21. The summed E-state index contributed by atoms with van der Waals surface area (Å²) in [6, 6.07) is 9.88. The third kappa shape index (κ3) is 2.76. The summed E-state index contributed by atoms with van der Waals surface area (Å²) in [5.41, 5.74) is 1.75. The maximum atomic E-state index is 11.5. The Bertz CT molecular complexity index is 634. The lowest BCUT2D eigenvalue weighted by Gasteiger charge is -2.10. The van der Waals surface area contributed by atoms with Gasteiger partial charge in [0.15, 0.2) is 0 Å². The summed E-state index contributed by atoms with van der Waals surface area (Å²) in [6.45, 7) is 0.790. The summed E-state index contributed by atoms with van der Waals surface area (Å²) in [6.07, 6.45) is 3.33. The van der Waals surface area contributed by atoms with Crippen LogP contribution in [0, 0.1) is 11.3 Å². The average Bonchev–Trinajstić information content (AvgIpc) is 2.81. The number of nitrogens with zero attached hydrogens (tertiary/aromatic N) is 3. The van der Waals surface area contributed by atoms with Crippen LogP contribution in [-0.2, 0) is 11.3 Å². The summed E-state index contributed by atoms with van der Waals surface area (Å²) in [5, 5.41) is 10.0. The van der Waals surface area contributed by atoms with E-state index in [9.17, 15) is 4.79 Å². The van der Waals surface area contributed by atoms with Crippen LogP contribution in [0.1, 0.15) is 18.4 Å². The minimum atomic E-state index is 0.147. The number of aromatic nitrogens is 1. The number of hydrogen-bond donors (Lipinski definition) is 0. The third-order valence-corrected chi connectivity index (χ3v) is 3.22. The lowest BCUT2D eigenvalue weighted by molar-refractivity contribution is -0.128. The van der Waals surface area contributed by atoms with E-state index in [0.717, 1.165) is 23.9 Å². The van der Waals surface area contributed by atoms with Crippen LogP contribution in [0.3, 0.4) is 0 Å². The van der Waals surface area contributed by atoms with Crippen molar-refractivity contribution in [3.05, 3.63) is 36.0 Å². The van der Waals surface area contributed by atoms with Crippen molar-refractivity contribution in [1.29, 1.82) is 5.26 Å². The van der Waals surface area contributed by atoms with E-state index in [0.29, 0.717) is 12.0 Å². The highest BCUT2D eigenvalue weighted by Gasteiger charge is 2.07. The standard InChI is InChI=1S/C15H17N3O/c1-17(2)15(19)7-4-9-18-10-8-13-12(11-16)5-3-6-14(13)18/h3,5-6,8,10H,4,7,9H2,1-2H3. The lowest BCUT2D eigenvalue weighted by atomic mass is 10.1. The van der Waals surface area contributed by atoms with Crippen molar-refractivity contribution in [2.75, 3.05) is 14.1 Å². The molecule has 1 aromatic heterocycles. The molecule has 0 aliphatic heterocycles. The maximum absolute atomic E-state index is 11.5. The van der Waals surface area contributed by atoms with Gasteiger partial charge in [-0.15, -0.1) is 0 Å². The highest BCUT2D eigenvalue weighted by Crippen LogP contribution is 2.20. The van der Waals surface area contributed by atoms with Gasteiger partial charge < -0.3 is 9.47 Å². The van der Waals surface area contributed by atoms with Crippen molar-refractivity contribution in [3.8, 4) is 6.07 Å². The van der Waals surface area contributed by atoms with Gasteiger partial charge in [0.25, 0.3) is 0 Å². The van der Waals surface area contributed by atoms with Crippen LogP contribution in [0.25, 0.3) is 10.9 Å². The zero-order valence-electron chi connectivity index (χ0n) is 11.3. The zero-order chi connectivity index (χ0) is 13.8. The molecular formula is C15H17N3O. The molecule has 2 aromatic rings. The molecule has 0 unspecified atom stereocenters. The molecule has 0 saturated heterocycles. The Kier molecular flexibility index (Phi) is 3.86. The van der Waals surface area contributed by atoms with Crippen LogP contribution < -0.4 is 0 Å². The minimum absolute atomic E-state index is 0.147. The number of rotatable bonds is 4. The molecular weight excluding hydrogens is 238 g/mol. The van der Waals surface area contributed by atoms with Crippen LogP contribution in [0.15, 0.2) is 30.5 Å². The predicted molar refractivity (Wildman–Crippen MR) is 74.6 cm³/mol. The van der Waals surface area contributed by atoms with Crippen molar-refractivity contribution in [3.63, 3.8) is 0 Å².